The van der Waals surface area contributed by atoms with Gasteiger partial charge < -0.3 is 29.3 Å². The Kier molecular flexibility index (Phi) is 9.44. The van der Waals surface area contributed by atoms with Gasteiger partial charge in [-0.2, -0.15) is 0 Å². The summed E-state index contributed by atoms with van der Waals surface area (Å²) in [4.78, 5) is 42.2. The van der Waals surface area contributed by atoms with E-state index in [1.807, 2.05) is 19.9 Å². The van der Waals surface area contributed by atoms with Gasteiger partial charge in [-0.15, -0.1) is 0 Å². The van der Waals surface area contributed by atoms with Crippen molar-refractivity contribution < 1.29 is 28.6 Å². The van der Waals surface area contributed by atoms with Crippen molar-refractivity contribution in [3.8, 4) is 5.75 Å². The number of hydrogen-bond donors (Lipinski definition) is 1. The maximum atomic E-state index is 13.5. The van der Waals surface area contributed by atoms with Crippen LogP contribution in [0.2, 0.25) is 0 Å². The number of nitrogens with zero attached hydrogens (tertiary/aromatic N) is 2. The van der Waals surface area contributed by atoms with Crippen molar-refractivity contribution in [2.45, 2.75) is 26.0 Å². The molecule has 9 heteroatoms. The average Bonchev–Trinajstić information content (AvgIpc) is 2.88. The molecule has 0 bridgehead atoms. The Labute approximate surface area is 212 Å². The standard InChI is InChI=1S/C27H35N3O6/c1-18-14-30(25(31)17-34-4)19(2)16-36-23-12-11-21(28-26(32)20-9-7-6-8-10-20)13-22(23)27(33)29(3)15-24(18)35-5/h6-13,18-19,24H,14-17H2,1-5H3,(H,28,32)/t18-,19+,24+/m1/s1. The van der Waals surface area contributed by atoms with Crippen LogP contribution in [-0.2, 0) is 14.3 Å². The summed E-state index contributed by atoms with van der Waals surface area (Å²) in [6.45, 7) is 4.79. The molecule has 3 amide bonds. The van der Waals surface area contributed by atoms with Gasteiger partial charge in [-0.05, 0) is 37.3 Å². The predicted octanol–water partition coefficient (Wildman–Crippen LogP) is 2.92. The van der Waals surface area contributed by atoms with Gasteiger partial charge in [0.05, 0.1) is 17.7 Å². The van der Waals surface area contributed by atoms with Crippen molar-refractivity contribution >= 4 is 23.4 Å². The van der Waals surface area contributed by atoms with Crippen LogP contribution in [0.3, 0.4) is 0 Å². The molecule has 1 aliphatic rings. The zero-order chi connectivity index (χ0) is 26.2. The molecule has 0 saturated heterocycles. The number of fused-ring (bicyclic) bond motifs is 1. The van der Waals surface area contributed by atoms with Crippen molar-refractivity contribution in [2.75, 3.05) is 52.9 Å². The van der Waals surface area contributed by atoms with E-state index >= 15 is 0 Å². The number of rotatable bonds is 5. The van der Waals surface area contributed by atoms with Gasteiger partial charge >= 0.3 is 0 Å². The minimum atomic E-state index is -0.297. The third-order valence-corrected chi connectivity index (χ3v) is 6.33. The van der Waals surface area contributed by atoms with Gasteiger partial charge in [-0.3, -0.25) is 14.4 Å². The van der Waals surface area contributed by atoms with E-state index in [0.717, 1.165) is 0 Å². The highest BCUT2D eigenvalue weighted by Gasteiger charge is 2.30. The summed E-state index contributed by atoms with van der Waals surface area (Å²) in [6.07, 6.45) is -0.297. The van der Waals surface area contributed by atoms with Crippen molar-refractivity contribution in [2.24, 2.45) is 5.92 Å². The highest BCUT2D eigenvalue weighted by molar-refractivity contribution is 6.05. The molecule has 0 fully saturated rings. The number of carbonyl (C=O) groups excluding carboxylic acids is 3. The summed E-state index contributed by atoms with van der Waals surface area (Å²) in [5.41, 5.74) is 1.30. The normalized spacial score (nSPS) is 21.0. The van der Waals surface area contributed by atoms with Gasteiger partial charge in [0.15, 0.2) is 0 Å². The minimum absolute atomic E-state index is 0.0336. The Morgan fingerprint density at radius 1 is 1.08 bits per heavy atom. The van der Waals surface area contributed by atoms with Crippen LogP contribution in [-0.4, -0.2) is 87.2 Å². The number of carbonyl (C=O) groups is 3. The van der Waals surface area contributed by atoms with Gasteiger partial charge in [0.2, 0.25) is 5.91 Å². The lowest BCUT2D eigenvalue weighted by Gasteiger charge is -2.36. The fourth-order valence-electron chi connectivity index (χ4n) is 4.20. The number of amides is 3. The fraction of sp³-hybridized carbons (Fsp3) is 0.444. The van der Waals surface area contributed by atoms with Crippen molar-refractivity contribution in [3.05, 3.63) is 59.7 Å². The van der Waals surface area contributed by atoms with Crippen molar-refractivity contribution in [1.82, 2.24) is 9.80 Å². The molecule has 3 rings (SSSR count). The number of hydrogen-bond acceptors (Lipinski definition) is 6. The Bertz CT molecular complexity index is 1060. The van der Waals surface area contributed by atoms with Crippen LogP contribution in [0.1, 0.15) is 34.6 Å². The summed E-state index contributed by atoms with van der Waals surface area (Å²) in [6, 6.07) is 13.5. The lowest BCUT2D eigenvalue weighted by Crippen LogP contribution is -2.49. The molecule has 2 aromatic rings. The summed E-state index contributed by atoms with van der Waals surface area (Å²) < 4.78 is 16.8. The predicted molar refractivity (Wildman–Crippen MR) is 136 cm³/mol. The minimum Gasteiger partial charge on any atom is -0.491 e. The first-order valence-electron chi connectivity index (χ1n) is 11.9. The maximum absolute atomic E-state index is 13.5. The number of anilines is 1. The van der Waals surface area contributed by atoms with Crippen LogP contribution >= 0.6 is 0 Å². The van der Waals surface area contributed by atoms with Crippen LogP contribution in [0.5, 0.6) is 5.75 Å². The van der Waals surface area contributed by atoms with E-state index in [2.05, 4.69) is 5.32 Å². The first-order chi connectivity index (χ1) is 17.2. The number of methoxy groups -OCH3 is 2. The molecule has 0 radical (unpaired) electrons. The first kappa shape index (κ1) is 27.2. The van der Waals surface area contributed by atoms with Crippen LogP contribution < -0.4 is 10.1 Å². The Morgan fingerprint density at radius 2 is 1.81 bits per heavy atom. The third kappa shape index (κ3) is 6.61. The highest BCUT2D eigenvalue weighted by Crippen LogP contribution is 2.27. The molecular formula is C27H35N3O6. The Morgan fingerprint density at radius 3 is 2.47 bits per heavy atom. The quantitative estimate of drug-likeness (QED) is 0.682. The molecule has 0 spiro atoms. The molecule has 0 unspecified atom stereocenters. The maximum Gasteiger partial charge on any atom is 0.257 e. The largest absolute Gasteiger partial charge is 0.491 e. The molecule has 36 heavy (non-hydrogen) atoms. The molecule has 0 aliphatic carbocycles. The number of nitrogens with one attached hydrogen (secondary N) is 1. The van der Waals surface area contributed by atoms with Crippen LogP contribution in [0.4, 0.5) is 5.69 Å². The van der Waals surface area contributed by atoms with Crippen LogP contribution in [0.15, 0.2) is 48.5 Å². The number of likely N-dealkylation sites (N-methyl/N-ethyl adjacent to an activating group) is 1. The summed E-state index contributed by atoms with van der Waals surface area (Å²) in [7, 11) is 4.79. The highest BCUT2D eigenvalue weighted by atomic mass is 16.5. The van der Waals surface area contributed by atoms with Crippen LogP contribution in [0.25, 0.3) is 0 Å². The summed E-state index contributed by atoms with van der Waals surface area (Å²) in [5.74, 6) is -0.353. The monoisotopic (exact) mass is 497 g/mol. The lowest BCUT2D eigenvalue weighted by atomic mass is 10.0. The van der Waals surface area contributed by atoms with Gasteiger partial charge in [0.25, 0.3) is 11.8 Å². The van der Waals surface area contributed by atoms with E-state index in [4.69, 9.17) is 14.2 Å². The molecule has 0 saturated carbocycles. The topological polar surface area (TPSA) is 97.4 Å². The van der Waals surface area contributed by atoms with E-state index in [1.165, 1.54) is 7.11 Å². The van der Waals surface area contributed by atoms with Gasteiger partial charge in [0, 0.05) is 51.5 Å². The SMILES string of the molecule is COCC(=O)N1C[C@@H](C)[C@@H](OC)CN(C)C(=O)c2cc(NC(=O)c3ccccc3)ccc2OC[C@@H]1C. The number of benzene rings is 2. The molecular weight excluding hydrogens is 462 g/mol. The van der Waals surface area contributed by atoms with Crippen molar-refractivity contribution in [3.63, 3.8) is 0 Å². The zero-order valence-electron chi connectivity index (χ0n) is 21.5. The molecule has 1 aliphatic heterocycles. The summed E-state index contributed by atoms with van der Waals surface area (Å²) in [5, 5.41) is 2.85. The average molecular weight is 498 g/mol. The van der Waals surface area contributed by atoms with E-state index in [-0.39, 0.29) is 49.0 Å². The molecule has 0 aromatic heterocycles. The molecule has 3 atom stereocenters. The second kappa shape index (κ2) is 12.5. The molecule has 1 N–H and O–H groups in total. The number of ether oxygens (including phenoxy) is 3. The molecule has 2 aromatic carbocycles. The van der Waals surface area contributed by atoms with E-state index < -0.39 is 0 Å². The molecule has 9 nitrogen and oxygen atoms in total. The van der Waals surface area contributed by atoms with Crippen LogP contribution in [0, 0.1) is 5.92 Å². The second-order valence-corrected chi connectivity index (χ2v) is 9.11. The summed E-state index contributed by atoms with van der Waals surface area (Å²) >= 11 is 0. The molecule has 1 heterocycles. The second-order valence-electron chi connectivity index (χ2n) is 9.11. The Hall–Kier alpha value is -3.43. The fourth-order valence-corrected chi connectivity index (χ4v) is 4.20. The van der Waals surface area contributed by atoms with E-state index in [9.17, 15) is 14.4 Å². The van der Waals surface area contributed by atoms with Crippen molar-refractivity contribution in [1.29, 1.82) is 0 Å². The third-order valence-electron chi connectivity index (χ3n) is 6.33. The molecule has 194 valence electrons. The first-order valence-corrected chi connectivity index (χ1v) is 11.9. The van der Waals surface area contributed by atoms with Gasteiger partial charge in [-0.1, -0.05) is 25.1 Å². The lowest BCUT2D eigenvalue weighted by molar-refractivity contribution is -0.139. The van der Waals surface area contributed by atoms with Gasteiger partial charge in [-0.25, -0.2) is 0 Å². The Balaban J connectivity index is 1.93. The smallest absolute Gasteiger partial charge is 0.257 e. The van der Waals surface area contributed by atoms with E-state index in [0.29, 0.717) is 35.7 Å². The zero-order valence-corrected chi connectivity index (χ0v) is 21.5. The van der Waals surface area contributed by atoms with E-state index in [1.54, 1.807) is 66.4 Å². The van der Waals surface area contributed by atoms with Gasteiger partial charge in [0.1, 0.15) is 19.0 Å².